The van der Waals surface area contributed by atoms with Crippen LogP contribution in [-0.4, -0.2) is 31.5 Å². The van der Waals surface area contributed by atoms with Crippen LogP contribution < -0.4 is 9.91 Å². The van der Waals surface area contributed by atoms with E-state index in [2.05, 4.69) is 5.10 Å². The van der Waals surface area contributed by atoms with Crippen molar-refractivity contribution >= 4 is 52.4 Å². The number of para-hydroxylation sites is 1. The number of thioether (sulfide) groups is 1. The number of hydrogen-bond donors (Lipinski definition) is 0. The lowest BCUT2D eigenvalue weighted by atomic mass is 10.1. The zero-order valence-corrected chi connectivity index (χ0v) is 18.9. The van der Waals surface area contributed by atoms with Gasteiger partial charge in [-0.3, -0.25) is 4.79 Å². The molecule has 31 heavy (non-hydrogen) atoms. The molecule has 4 rings (SSSR count). The van der Waals surface area contributed by atoms with Gasteiger partial charge in [0, 0.05) is 35.5 Å². The summed E-state index contributed by atoms with van der Waals surface area (Å²) in [5.74, 6) is 0.466. The normalized spacial score (nSPS) is 14.8. The fourth-order valence-corrected chi connectivity index (χ4v) is 4.14. The van der Waals surface area contributed by atoms with Gasteiger partial charge in [0.25, 0.3) is 5.91 Å². The summed E-state index contributed by atoms with van der Waals surface area (Å²) in [5, 5.41) is 6.86. The lowest BCUT2D eigenvalue weighted by molar-refractivity contribution is -0.114. The van der Waals surface area contributed by atoms with Crippen molar-refractivity contribution in [1.29, 1.82) is 0 Å². The molecule has 0 radical (unpaired) electrons. The summed E-state index contributed by atoms with van der Waals surface area (Å²) in [4.78, 5) is 16.4. The van der Waals surface area contributed by atoms with Crippen molar-refractivity contribution in [3.8, 4) is 0 Å². The number of carbonyl (C=O) groups excluding carboxylic acids is 1. The van der Waals surface area contributed by atoms with Crippen molar-refractivity contribution in [2.75, 3.05) is 29.8 Å². The largest absolute Gasteiger partial charge is 0.378 e. The average Bonchev–Trinajstić information content (AvgIpc) is 3.09. The first kappa shape index (κ1) is 21.2. The van der Waals surface area contributed by atoms with E-state index in [4.69, 9.17) is 11.6 Å². The number of anilines is 2. The zero-order valence-electron chi connectivity index (χ0n) is 17.3. The standard InChI is InChI=1S/C25H22ClN3OS/c1-28(2)20-12-8-18(9-13-20)16-23-24(17-31-22-14-10-19(26)11-15-22)27-29(25(23)30)21-6-4-3-5-7-21/h3-16H,17H2,1-2H3. The van der Waals surface area contributed by atoms with Crippen LogP contribution >= 0.6 is 23.4 Å². The molecule has 1 heterocycles. The molecule has 0 saturated heterocycles. The van der Waals surface area contributed by atoms with E-state index in [9.17, 15) is 4.79 Å². The fraction of sp³-hybridized carbons (Fsp3) is 0.120. The van der Waals surface area contributed by atoms with E-state index in [0.29, 0.717) is 16.3 Å². The quantitative estimate of drug-likeness (QED) is 0.344. The second kappa shape index (κ2) is 9.41. The molecule has 1 amide bonds. The molecule has 3 aromatic carbocycles. The zero-order chi connectivity index (χ0) is 21.8. The van der Waals surface area contributed by atoms with E-state index >= 15 is 0 Å². The first-order valence-electron chi connectivity index (χ1n) is 9.86. The predicted molar refractivity (Wildman–Crippen MR) is 132 cm³/mol. The molecule has 0 unspecified atom stereocenters. The number of nitrogens with zero attached hydrogens (tertiary/aromatic N) is 3. The summed E-state index contributed by atoms with van der Waals surface area (Å²) < 4.78 is 0. The van der Waals surface area contributed by atoms with Crippen molar-refractivity contribution in [2.45, 2.75) is 4.90 Å². The maximum atomic E-state index is 13.3. The van der Waals surface area contributed by atoms with Crippen LogP contribution in [0.2, 0.25) is 5.02 Å². The minimum absolute atomic E-state index is 0.116. The molecule has 0 saturated carbocycles. The van der Waals surface area contributed by atoms with E-state index < -0.39 is 0 Å². The highest BCUT2D eigenvalue weighted by atomic mass is 35.5. The molecule has 6 heteroatoms. The van der Waals surface area contributed by atoms with Gasteiger partial charge in [-0.15, -0.1) is 11.8 Å². The Labute approximate surface area is 191 Å². The maximum absolute atomic E-state index is 13.3. The topological polar surface area (TPSA) is 35.9 Å². The minimum atomic E-state index is -0.116. The molecular weight excluding hydrogens is 426 g/mol. The number of amides is 1. The van der Waals surface area contributed by atoms with Crippen molar-refractivity contribution in [3.05, 3.63) is 95.0 Å². The molecule has 0 fully saturated rings. The van der Waals surface area contributed by atoms with Crippen LogP contribution in [0.15, 0.2) is 94.4 Å². The van der Waals surface area contributed by atoms with Crippen molar-refractivity contribution in [1.82, 2.24) is 0 Å². The Bertz CT molecular complexity index is 1120. The highest BCUT2D eigenvalue weighted by molar-refractivity contribution is 8.00. The lowest BCUT2D eigenvalue weighted by Gasteiger charge is -2.12. The minimum Gasteiger partial charge on any atom is -0.378 e. The van der Waals surface area contributed by atoms with Crippen LogP contribution in [0.1, 0.15) is 5.56 Å². The SMILES string of the molecule is CN(C)c1ccc(C=C2C(=O)N(c3ccccc3)N=C2CSc2ccc(Cl)cc2)cc1. The molecule has 0 N–H and O–H groups in total. The van der Waals surface area contributed by atoms with Gasteiger partial charge in [-0.2, -0.15) is 10.1 Å². The molecule has 0 bridgehead atoms. The van der Waals surface area contributed by atoms with E-state index in [0.717, 1.165) is 27.5 Å². The summed E-state index contributed by atoms with van der Waals surface area (Å²) in [7, 11) is 4.01. The molecule has 0 aromatic heterocycles. The van der Waals surface area contributed by atoms with E-state index in [1.54, 1.807) is 11.8 Å². The number of hydrogen-bond acceptors (Lipinski definition) is 4. The second-order valence-electron chi connectivity index (χ2n) is 7.29. The summed E-state index contributed by atoms with van der Waals surface area (Å²) in [6.45, 7) is 0. The molecule has 1 aliphatic heterocycles. The summed E-state index contributed by atoms with van der Waals surface area (Å²) in [6, 6.07) is 25.3. The molecular formula is C25H22ClN3OS. The highest BCUT2D eigenvalue weighted by Gasteiger charge is 2.31. The van der Waals surface area contributed by atoms with Crippen molar-refractivity contribution in [3.63, 3.8) is 0 Å². The van der Waals surface area contributed by atoms with Crippen molar-refractivity contribution in [2.24, 2.45) is 5.10 Å². The number of benzene rings is 3. The predicted octanol–water partition coefficient (Wildman–Crippen LogP) is 5.98. The molecule has 0 spiro atoms. The Kier molecular flexibility index (Phi) is 6.44. The van der Waals surface area contributed by atoms with Gasteiger partial charge >= 0.3 is 0 Å². The summed E-state index contributed by atoms with van der Waals surface area (Å²) in [5.41, 5.74) is 4.20. The van der Waals surface area contributed by atoms with Gasteiger partial charge in [-0.25, -0.2) is 0 Å². The average molecular weight is 448 g/mol. The molecule has 4 nitrogen and oxygen atoms in total. The number of halogens is 1. The Balaban J connectivity index is 1.64. The van der Waals surface area contributed by atoms with E-state index in [1.165, 1.54) is 5.01 Å². The van der Waals surface area contributed by atoms with Gasteiger partial charge in [0.1, 0.15) is 0 Å². The molecule has 3 aromatic rings. The third kappa shape index (κ3) is 5.01. The maximum Gasteiger partial charge on any atom is 0.280 e. The number of rotatable bonds is 6. The monoisotopic (exact) mass is 447 g/mol. The van der Waals surface area contributed by atoms with Crippen LogP contribution in [0.5, 0.6) is 0 Å². The Morgan fingerprint density at radius 2 is 1.65 bits per heavy atom. The Hall–Kier alpha value is -3.02. The van der Waals surface area contributed by atoms with Gasteiger partial charge in [-0.05, 0) is 60.2 Å². The van der Waals surface area contributed by atoms with E-state index in [-0.39, 0.29) is 5.91 Å². The highest BCUT2D eigenvalue weighted by Crippen LogP contribution is 2.29. The van der Waals surface area contributed by atoms with Crippen LogP contribution in [-0.2, 0) is 4.79 Å². The van der Waals surface area contributed by atoms with Crippen LogP contribution in [0.4, 0.5) is 11.4 Å². The number of hydrazone groups is 1. The van der Waals surface area contributed by atoms with Crippen LogP contribution in [0.25, 0.3) is 6.08 Å². The van der Waals surface area contributed by atoms with Gasteiger partial charge in [0.2, 0.25) is 0 Å². The lowest BCUT2D eigenvalue weighted by Crippen LogP contribution is -2.21. The summed E-state index contributed by atoms with van der Waals surface area (Å²) in [6.07, 6.45) is 1.92. The smallest absolute Gasteiger partial charge is 0.280 e. The third-order valence-electron chi connectivity index (χ3n) is 4.86. The van der Waals surface area contributed by atoms with Gasteiger partial charge < -0.3 is 4.90 Å². The van der Waals surface area contributed by atoms with Crippen LogP contribution in [0.3, 0.4) is 0 Å². The third-order valence-corrected chi connectivity index (χ3v) is 6.14. The van der Waals surface area contributed by atoms with Gasteiger partial charge in [0.15, 0.2) is 0 Å². The second-order valence-corrected chi connectivity index (χ2v) is 8.77. The van der Waals surface area contributed by atoms with Crippen molar-refractivity contribution < 1.29 is 4.79 Å². The Morgan fingerprint density at radius 3 is 2.29 bits per heavy atom. The first-order valence-corrected chi connectivity index (χ1v) is 11.2. The molecule has 0 atom stereocenters. The Morgan fingerprint density at radius 1 is 0.968 bits per heavy atom. The first-order chi connectivity index (χ1) is 15.0. The van der Waals surface area contributed by atoms with Gasteiger partial charge in [0.05, 0.1) is 17.0 Å². The fourth-order valence-electron chi connectivity index (χ4n) is 3.17. The molecule has 0 aliphatic carbocycles. The number of carbonyl (C=O) groups is 1. The molecule has 1 aliphatic rings. The summed E-state index contributed by atoms with van der Waals surface area (Å²) >= 11 is 7.62. The van der Waals surface area contributed by atoms with Crippen LogP contribution in [0, 0.1) is 0 Å². The van der Waals surface area contributed by atoms with Gasteiger partial charge in [-0.1, -0.05) is 41.9 Å². The van der Waals surface area contributed by atoms with E-state index in [1.807, 2.05) is 104 Å². The molecule has 156 valence electrons.